The molecule has 0 bridgehead atoms. The van der Waals surface area contributed by atoms with Crippen molar-refractivity contribution < 1.29 is 0 Å². The molecule has 8 aromatic carbocycles. The fourth-order valence-corrected chi connectivity index (χ4v) is 11.7. The summed E-state index contributed by atoms with van der Waals surface area (Å²) in [4.78, 5) is 0. The summed E-state index contributed by atoms with van der Waals surface area (Å²) in [7, 11) is 0. The lowest BCUT2D eigenvalue weighted by Gasteiger charge is -2.56. The molecule has 226 valence electrons. The Morgan fingerprint density at radius 3 is 1.33 bits per heavy atom. The Labute approximate surface area is 288 Å². The zero-order valence-corrected chi connectivity index (χ0v) is 27.4. The van der Waals surface area contributed by atoms with Crippen molar-refractivity contribution in [2.75, 3.05) is 0 Å². The highest BCUT2D eigenvalue weighted by molar-refractivity contribution is 7.26. The van der Waals surface area contributed by atoms with Crippen molar-refractivity contribution in [3.8, 4) is 33.4 Å². The van der Waals surface area contributed by atoms with Gasteiger partial charge >= 0.3 is 0 Å². The van der Waals surface area contributed by atoms with Gasteiger partial charge in [-0.05, 0) is 78.0 Å². The van der Waals surface area contributed by atoms with Gasteiger partial charge in [0.25, 0.3) is 0 Å². The van der Waals surface area contributed by atoms with Crippen molar-refractivity contribution in [2.24, 2.45) is 0 Å². The Bertz CT molecular complexity index is 2700. The average molecular weight is 637 g/mol. The third kappa shape index (κ3) is 2.84. The molecular formula is C48H28S. The summed E-state index contributed by atoms with van der Waals surface area (Å²) in [6, 6.07) is 64.8. The van der Waals surface area contributed by atoms with Crippen LogP contribution in [0.5, 0.6) is 0 Å². The topological polar surface area (TPSA) is 0 Å². The maximum Gasteiger partial charge on any atom is 0.0648 e. The Morgan fingerprint density at radius 2 is 0.714 bits per heavy atom. The molecule has 0 unspecified atom stereocenters. The van der Waals surface area contributed by atoms with Crippen LogP contribution < -0.4 is 0 Å². The molecule has 3 aliphatic rings. The van der Waals surface area contributed by atoms with Gasteiger partial charge in [-0.15, -0.1) is 11.3 Å². The molecule has 12 rings (SSSR count). The van der Waals surface area contributed by atoms with E-state index >= 15 is 0 Å². The predicted molar refractivity (Wildman–Crippen MR) is 206 cm³/mol. The largest absolute Gasteiger partial charge is 0.135 e. The Morgan fingerprint density at radius 1 is 0.286 bits per heavy atom. The zero-order valence-electron chi connectivity index (χ0n) is 26.6. The molecule has 0 amide bonds. The van der Waals surface area contributed by atoms with Gasteiger partial charge in [0.2, 0.25) is 0 Å². The van der Waals surface area contributed by atoms with Crippen molar-refractivity contribution >= 4 is 42.3 Å². The molecule has 0 saturated carbocycles. The smallest absolute Gasteiger partial charge is 0.0648 e. The summed E-state index contributed by atoms with van der Waals surface area (Å²) < 4.78 is 2.70. The first-order valence-corrected chi connectivity index (χ1v) is 18.0. The third-order valence-corrected chi connectivity index (χ3v) is 13.2. The van der Waals surface area contributed by atoms with E-state index in [-0.39, 0.29) is 0 Å². The lowest BCUT2D eigenvalue weighted by atomic mass is 9.43. The molecule has 0 atom stereocenters. The fourth-order valence-electron chi connectivity index (χ4n) is 10.5. The highest BCUT2D eigenvalue weighted by atomic mass is 32.1. The molecule has 1 heterocycles. The van der Waals surface area contributed by atoms with Crippen LogP contribution in [0.15, 0.2) is 170 Å². The number of fused-ring (bicyclic) bond motifs is 9. The molecular weight excluding hydrogens is 609 g/mol. The molecule has 0 N–H and O–H groups in total. The normalized spacial score (nSPS) is 19.2. The van der Waals surface area contributed by atoms with Crippen molar-refractivity contribution in [2.45, 2.75) is 10.8 Å². The van der Waals surface area contributed by atoms with Crippen LogP contribution in [0.2, 0.25) is 0 Å². The molecule has 0 aliphatic heterocycles. The van der Waals surface area contributed by atoms with Crippen LogP contribution in [0.3, 0.4) is 0 Å². The second kappa shape index (κ2) is 9.02. The van der Waals surface area contributed by atoms with Crippen LogP contribution in [0.1, 0.15) is 33.4 Å². The van der Waals surface area contributed by atoms with Crippen LogP contribution in [0.4, 0.5) is 0 Å². The molecule has 0 nitrogen and oxygen atoms in total. The van der Waals surface area contributed by atoms with Gasteiger partial charge in [-0.3, -0.25) is 0 Å². The molecule has 3 aliphatic carbocycles. The van der Waals surface area contributed by atoms with Crippen LogP contribution in [0, 0.1) is 0 Å². The van der Waals surface area contributed by atoms with Crippen molar-refractivity contribution in [1.82, 2.24) is 0 Å². The Kier molecular flexibility index (Phi) is 4.83. The summed E-state index contributed by atoms with van der Waals surface area (Å²) in [6.07, 6.45) is 0. The monoisotopic (exact) mass is 636 g/mol. The molecule has 49 heavy (non-hydrogen) atoms. The first kappa shape index (κ1) is 26.2. The standard InChI is InChI=1S/C48H28S/c1-6-21-38-30(13-1)32-15-3-8-23-40(32)48-41-24-9-4-16-33(41)31-14-2-7-22-39(31)47(38,48)42-25-12-18-35-29(27-28-43(48)45(35)42)36-19-11-20-37-34-17-5-10-26-44(34)49-46(36)37/h1-28H. The van der Waals surface area contributed by atoms with E-state index in [4.69, 9.17) is 0 Å². The minimum atomic E-state index is -0.451. The van der Waals surface area contributed by atoms with E-state index in [0.717, 1.165) is 0 Å². The second-order valence-electron chi connectivity index (χ2n) is 13.9. The van der Waals surface area contributed by atoms with Gasteiger partial charge in [0, 0.05) is 25.7 Å². The van der Waals surface area contributed by atoms with E-state index in [0.29, 0.717) is 0 Å². The van der Waals surface area contributed by atoms with Gasteiger partial charge in [0.15, 0.2) is 0 Å². The van der Waals surface area contributed by atoms with Crippen LogP contribution in [0.25, 0.3) is 64.3 Å². The molecule has 1 heteroatoms. The van der Waals surface area contributed by atoms with Crippen molar-refractivity contribution in [3.05, 3.63) is 203 Å². The van der Waals surface area contributed by atoms with Crippen LogP contribution in [-0.4, -0.2) is 0 Å². The summed E-state index contributed by atoms with van der Waals surface area (Å²) in [6.45, 7) is 0. The average Bonchev–Trinajstić information content (AvgIpc) is 3.69. The number of rotatable bonds is 1. The number of hydrogen-bond acceptors (Lipinski definition) is 1. The second-order valence-corrected chi connectivity index (χ2v) is 14.9. The molecule has 0 radical (unpaired) electrons. The SMILES string of the molecule is c1ccc2c(c1)-c1ccccc1C13c4ccccc4-c4ccccc4C21c1cccc2c(-c4cccc5c4sc4ccccc45)ccc3c12. The Balaban J connectivity index is 1.32. The first-order chi connectivity index (χ1) is 24.3. The summed E-state index contributed by atoms with van der Waals surface area (Å²) in [5.41, 5.74) is 15.5. The van der Waals surface area contributed by atoms with Gasteiger partial charge in [-0.1, -0.05) is 164 Å². The number of hydrogen-bond donors (Lipinski definition) is 0. The summed E-state index contributed by atoms with van der Waals surface area (Å²) >= 11 is 1.92. The number of thiophene rings is 1. The van der Waals surface area contributed by atoms with Crippen LogP contribution in [-0.2, 0) is 10.8 Å². The van der Waals surface area contributed by atoms with E-state index in [1.54, 1.807) is 0 Å². The molecule has 1 aromatic heterocycles. The minimum absolute atomic E-state index is 0.451. The van der Waals surface area contributed by atoms with Gasteiger partial charge < -0.3 is 0 Å². The predicted octanol–water partition coefficient (Wildman–Crippen LogP) is 12.5. The van der Waals surface area contributed by atoms with E-state index < -0.39 is 10.8 Å². The molecule has 0 spiro atoms. The van der Waals surface area contributed by atoms with Gasteiger partial charge in [0.05, 0.1) is 10.8 Å². The van der Waals surface area contributed by atoms with E-state index in [1.165, 1.54) is 97.7 Å². The lowest BCUT2D eigenvalue weighted by Crippen LogP contribution is -2.54. The molecule has 0 saturated heterocycles. The maximum atomic E-state index is 2.50. The quantitative estimate of drug-likeness (QED) is 0.168. The Hall–Kier alpha value is -5.76. The molecule has 0 fully saturated rings. The van der Waals surface area contributed by atoms with Crippen molar-refractivity contribution in [3.63, 3.8) is 0 Å². The highest BCUT2D eigenvalue weighted by Gasteiger charge is 2.67. The number of benzene rings is 8. The van der Waals surface area contributed by atoms with E-state index in [2.05, 4.69) is 170 Å². The third-order valence-electron chi connectivity index (χ3n) is 12.0. The summed E-state index contributed by atoms with van der Waals surface area (Å²) in [5.74, 6) is 0. The first-order valence-electron chi connectivity index (χ1n) is 17.2. The minimum Gasteiger partial charge on any atom is -0.135 e. The maximum absolute atomic E-state index is 2.50. The fraction of sp³-hybridized carbons (Fsp3) is 0.0417. The summed E-state index contributed by atoms with van der Waals surface area (Å²) in [5, 5.41) is 5.41. The molecule has 9 aromatic rings. The van der Waals surface area contributed by atoms with E-state index in [9.17, 15) is 0 Å². The van der Waals surface area contributed by atoms with Crippen molar-refractivity contribution in [1.29, 1.82) is 0 Å². The van der Waals surface area contributed by atoms with E-state index in [1.807, 2.05) is 11.3 Å². The lowest BCUT2D eigenvalue weighted by molar-refractivity contribution is 0.432. The highest BCUT2D eigenvalue weighted by Crippen LogP contribution is 2.74. The van der Waals surface area contributed by atoms with Gasteiger partial charge in [0.1, 0.15) is 0 Å². The zero-order chi connectivity index (χ0) is 31.9. The van der Waals surface area contributed by atoms with Gasteiger partial charge in [-0.25, -0.2) is 0 Å². The van der Waals surface area contributed by atoms with Gasteiger partial charge in [-0.2, -0.15) is 0 Å². The van der Waals surface area contributed by atoms with Crippen LogP contribution >= 0.6 is 11.3 Å².